The summed E-state index contributed by atoms with van der Waals surface area (Å²) in [6, 6.07) is 8.51. The van der Waals surface area contributed by atoms with E-state index in [1.807, 2.05) is 6.07 Å². The second kappa shape index (κ2) is 10.2. The summed E-state index contributed by atoms with van der Waals surface area (Å²) in [5.41, 5.74) is 6.05. The van der Waals surface area contributed by atoms with Crippen LogP contribution in [0, 0.1) is 50.7 Å². The lowest BCUT2D eigenvalue weighted by atomic mass is 9.31. The summed E-state index contributed by atoms with van der Waals surface area (Å²) in [7, 11) is 3.95. The van der Waals surface area contributed by atoms with Crippen LogP contribution in [0.25, 0.3) is 0 Å². The van der Waals surface area contributed by atoms with Gasteiger partial charge in [-0.2, -0.15) is 0 Å². The number of ether oxygens (including phenoxy) is 2. The van der Waals surface area contributed by atoms with Crippen LogP contribution in [0.4, 0.5) is 0 Å². The molecule has 2 aromatic rings. The van der Waals surface area contributed by atoms with E-state index in [4.69, 9.17) is 14.7 Å². The van der Waals surface area contributed by atoms with Crippen molar-refractivity contribution in [2.75, 3.05) is 13.7 Å². The molecule has 1 aromatic carbocycles. The van der Waals surface area contributed by atoms with Crippen molar-refractivity contribution in [3.8, 4) is 5.75 Å². The van der Waals surface area contributed by atoms with Crippen molar-refractivity contribution in [3.63, 3.8) is 0 Å². The molecule has 5 aliphatic carbocycles. The van der Waals surface area contributed by atoms with Crippen molar-refractivity contribution in [2.45, 2.75) is 124 Å². The van der Waals surface area contributed by atoms with Gasteiger partial charge in [-0.1, -0.05) is 60.6 Å². The van der Waals surface area contributed by atoms with Crippen LogP contribution in [0.15, 0.2) is 24.3 Å². The molecule has 0 spiro atoms. The fraction of sp³-hybridized carbons (Fsp3) is 0.795. The average molecular weight is 728 g/mol. The molecule has 5 nitrogen and oxygen atoms in total. The van der Waals surface area contributed by atoms with E-state index in [-0.39, 0.29) is 34.8 Å². The van der Waals surface area contributed by atoms with Gasteiger partial charge in [0, 0.05) is 11.8 Å². The molecule has 45 heavy (non-hydrogen) atoms. The molecule has 4 saturated carbocycles. The molecule has 0 radical (unpaired) electrons. The standard InChI is InChI=1S/C39H58N3O2.HI/c1-34(2)17-19-39-20-18-37(6)27(31(39)33(34)44-24-39)13-14-30-36(5)22-28-32(35(3,4)29(36)15-16-38(30,37)7)42(40-41(28)8)23-25-11-10-12-26(21-25)43-9;/h10-12,21,27,29-31,33H,13-20,22-24H2,1-9H3;1H/q+1;/p-1/t27-,29+,30-,31+,33-,36+,37-,38-,39-;/m1./s1. The van der Waals surface area contributed by atoms with Crippen LogP contribution in [-0.4, -0.2) is 29.7 Å². The largest absolute Gasteiger partial charge is 1.00 e. The van der Waals surface area contributed by atoms with E-state index >= 15 is 0 Å². The fourth-order valence-corrected chi connectivity index (χ4v) is 13.8. The van der Waals surface area contributed by atoms with Crippen LogP contribution in [0.5, 0.6) is 5.75 Å². The minimum absolute atomic E-state index is 0. The predicted molar refractivity (Wildman–Crippen MR) is 173 cm³/mol. The molecule has 5 fully saturated rings. The van der Waals surface area contributed by atoms with Crippen molar-refractivity contribution in [2.24, 2.45) is 57.8 Å². The Labute approximate surface area is 289 Å². The van der Waals surface area contributed by atoms with Gasteiger partial charge in [0.1, 0.15) is 19.3 Å². The Balaban J connectivity index is 0.00000325. The highest BCUT2D eigenvalue weighted by Crippen LogP contribution is 2.77. The van der Waals surface area contributed by atoms with E-state index in [1.54, 1.807) is 7.11 Å². The number of rotatable bonds is 3. The zero-order valence-corrected chi connectivity index (χ0v) is 31.7. The van der Waals surface area contributed by atoms with Crippen LogP contribution in [0.1, 0.15) is 117 Å². The Hall–Kier alpha value is -1.15. The molecule has 1 aliphatic heterocycles. The Bertz CT molecular complexity index is 1500. The van der Waals surface area contributed by atoms with E-state index in [0.717, 1.165) is 43.1 Å². The summed E-state index contributed by atoms with van der Waals surface area (Å²) in [4.78, 5) is 0. The molecule has 9 atom stereocenters. The van der Waals surface area contributed by atoms with Crippen LogP contribution in [0.2, 0.25) is 0 Å². The van der Waals surface area contributed by atoms with E-state index in [9.17, 15) is 0 Å². The predicted octanol–water partition coefficient (Wildman–Crippen LogP) is 4.67. The maximum Gasteiger partial charge on any atom is 0.177 e. The highest BCUT2D eigenvalue weighted by atomic mass is 127. The topological polar surface area (TPSA) is 40.2 Å². The number of benzene rings is 1. The van der Waals surface area contributed by atoms with Gasteiger partial charge < -0.3 is 33.5 Å². The monoisotopic (exact) mass is 727 g/mol. The molecule has 1 saturated heterocycles. The van der Waals surface area contributed by atoms with Gasteiger partial charge in [-0.15, -0.1) is 9.36 Å². The van der Waals surface area contributed by atoms with Crippen molar-refractivity contribution >= 4 is 0 Å². The summed E-state index contributed by atoms with van der Waals surface area (Å²) < 4.78 is 16.9. The highest BCUT2D eigenvalue weighted by molar-refractivity contribution is 5.31. The second-order valence-electron chi connectivity index (χ2n) is 18.5. The third-order valence-corrected chi connectivity index (χ3v) is 16.1. The molecule has 8 rings (SSSR count). The summed E-state index contributed by atoms with van der Waals surface area (Å²) >= 11 is 0. The quantitative estimate of drug-likeness (QED) is 0.341. The van der Waals surface area contributed by atoms with Crippen LogP contribution < -0.4 is 33.4 Å². The normalized spacial score (nSPS) is 43.5. The minimum atomic E-state index is 0. The van der Waals surface area contributed by atoms with Crippen molar-refractivity contribution in [1.29, 1.82) is 0 Å². The highest BCUT2D eigenvalue weighted by Gasteiger charge is 2.73. The number of halogens is 1. The van der Waals surface area contributed by atoms with Crippen molar-refractivity contribution in [3.05, 3.63) is 41.2 Å². The molecular weight excluding hydrogens is 669 g/mol. The first-order chi connectivity index (χ1) is 20.7. The second-order valence-corrected chi connectivity index (χ2v) is 18.5. The van der Waals surface area contributed by atoms with Gasteiger partial charge in [0.15, 0.2) is 11.4 Å². The van der Waals surface area contributed by atoms with Gasteiger partial charge in [-0.05, 0) is 120 Å². The third-order valence-electron chi connectivity index (χ3n) is 16.1. The Morgan fingerprint density at radius 1 is 0.933 bits per heavy atom. The van der Waals surface area contributed by atoms with Crippen LogP contribution in [-0.2, 0) is 30.2 Å². The molecule has 0 amide bonds. The number of methoxy groups -OCH3 is 1. The number of fused-ring (bicyclic) bond motifs is 6. The SMILES string of the molecule is COc1cccc(C[n+]2nn(C)c3c2C(C)(C)[C@@H]2CC[C@]4(C)[C@H](CC[C@@H]5[C@H]6[C@H]7OC[C@@]6(CCC7(C)C)CC[C@]54C)[C@@]2(C)C3)c1.[I-]. The van der Waals surface area contributed by atoms with Crippen LogP contribution in [0.3, 0.4) is 0 Å². The van der Waals surface area contributed by atoms with Gasteiger partial charge in [-0.25, -0.2) is 0 Å². The fourth-order valence-electron chi connectivity index (χ4n) is 13.8. The minimum Gasteiger partial charge on any atom is -1.00 e. The number of aromatic nitrogens is 3. The number of nitrogens with zero attached hydrogens (tertiary/aromatic N) is 3. The number of aryl methyl sites for hydroxylation is 1. The zero-order valence-electron chi connectivity index (χ0n) is 29.5. The van der Waals surface area contributed by atoms with E-state index < -0.39 is 0 Å². The maximum absolute atomic E-state index is 6.82. The number of hydrogen-bond donors (Lipinski definition) is 0. The Morgan fingerprint density at radius 2 is 1.69 bits per heavy atom. The summed E-state index contributed by atoms with van der Waals surface area (Å²) in [5, 5.41) is 5.19. The lowest BCUT2D eigenvalue weighted by Gasteiger charge is -2.72. The first-order valence-electron chi connectivity index (χ1n) is 17.9. The van der Waals surface area contributed by atoms with Crippen molar-refractivity contribution in [1.82, 2.24) is 9.90 Å². The molecule has 6 aliphatic rings. The van der Waals surface area contributed by atoms with E-state index in [2.05, 4.69) is 83.1 Å². The third kappa shape index (κ3) is 4.11. The lowest BCUT2D eigenvalue weighted by molar-refractivity contribution is -0.757. The Morgan fingerprint density at radius 3 is 2.44 bits per heavy atom. The molecule has 0 unspecified atom stereocenters. The van der Waals surface area contributed by atoms with Crippen LogP contribution >= 0.6 is 0 Å². The molecule has 248 valence electrons. The van der Waals surface area contributed by atoms with Gasteiger partial charge in [0.2, 0.25) is 0 Å². The smallest absolute Gasteiger partial charge is 0.177 e. The van der Waals surface area contributed by atoms with Gasteiger partial charge in [0.05, 0.1) is 25.0 Å². The number of hydrogen-bond acceptors (Lipinski definition) is 3. The first-order valence-corrected chi connectivity index (χ1v) is 17.9. The molecule has 1 aromatic heterocycles. The zero-order chi connectivity index (χ0) is 31.1. The Kier molecular flexibility index (Phi) is 7.33. The molecular formula is C39H58IN3O2. The van der Waals surface area contributed by atoms with Crippen molar-refractivity contribution < 1.29 is 38.1 Å². The lowest BCUT2D eigenvalue weighted by Crippen LogP contribution is -3.00. The first kappa shape index (κ1) is 32.4. The maximum atomic E-state index is 6.82. The van der Waals surface area contributed by atoms with E-state index in [0.29, 0.717) is 33.7 Å². The molecule has 2 bridgehead atoms. The van der Waals surface area contributed by atoms with Gasteiger partial charge in [0.25, 0.3) is 0 Å². The average Bonchev–Trinajstić information content (AvgIpc) is 3.46. The summed E-state index contributed by atoms with van der Waals surface area (Å²) in [6.45, 7) is 20.2. The molecule has 0 N–H and O–H groups in total. The van der Waals surface area contributed by atoms with Gasteiger partial charge in [-0.3, -0.25) is 0 Å². The molecule has 2 heterocycles. The van der Waals surface area contributed by atoms with E-state index in [1.165, 1.54) is 68.3 Å². The summed E-state index contributed by atoms with van der Waals surface area (Å²) in [6.07, 6.45) is 12.6. The molecule has 6 heteroatoms. The van der Waals surface area contributed by atoms with Gasteiger partial charge >= 0.3 is 0 Å². The summed E-state index contributed by atoms with van der Waals surface area (Å²) in [5.74, 6) is 3.88.